The number of nitrogens with zero attached hydrogens (tertiary/aromatic N) is 4. The largest absolute Gasteiger partial charge is 0.378 e. The van der Waals surface area contributed by atoms with Crippen LogP contribution < -0.4 is 0 Å². The third kappa shape index (κ3) is 3.00. The Morgan fingerprint density at radius 2 is 2.05 bits per heavy atom. The van der Waals surface area contributed by atoms with E-state index in [1.807, 2.05) is 6.92 Å². The number of hydrogen-bond donors (Lipinski definition) is 0. The van der Waals surface area contributed by atoms with E-state index in [4.69, 9.17) is 17.0 Å². The Morgan fingerprint density at radius 1 is 1.32 bits per heavy atom. The van der Waals surface area contributed by atoms with Gasteiger partial charge >= 0.3 is 0 Å². The molecule has 1 aliphatic heterocycles. The second kappa shape index (κ2) is 6.50. The summed E-state index contributed by atoms with van der Waals surface area (Å²) < 4.78 is 20.7. The zero-order valence-electron chi connectivity index (χ0n) is 12.3. The average Bonchev–Trinajstić information content (AvgIpc) is 2.90. The van der Waals surface area contributed by atoms with Crippen molar-refractivity contribution in [1.82, 2.24) is 19.9 Å². The molecule has 0 spiro atoms. The third-order valence-electron chi connectivity index (χ3n) is 3.75. The molecule has 0 aliphatic carbocycles. The van der Waals surface area contributed by atoms with Gasteiger partial charge in [-0.2, -0.15) is 0 Å². The molecule has 22 heavy (non-hydrogen) atoms. The molecule has 0 radical (unpaired) electrons. The molecule has 0 atom stereocenters. The maximum Gasteiger partial charge on any atom is 0.148 e. The zero-order chi connectivity index (χ0) is 15.5. The Bertz CT molecular complexity index is 682. The van der Waals surface area contributed by atoms with E-state index in [0.29, 0.717) is 25.3 Å². The number of thiocarbonyl (C=S) groups is 1. The van der Waals surface area contributed by atoms with Crippen molar-refractivity contribution in [1.29, 1.82) is 0 Å². The first kappa shape index (κ1) is 15.1. The summed E-state index contributed by atoms with van der Waals surface area (Å²) in [5.41, 5.74) is 1.98. The van der Waals surface area contributed by atoms with E-state index in [0.717, 1.165) is 29.5 Å². The van der Waals surface area contributed by atoms with E-state index in [1.165, 1.54) is 10.7 Å². The van der Waals surface area contributed by atoms with Gasteiger partial charge in [0.25, 0.3) is 0 Å². The molecular formula is C15H17FN4OS. The Balaban J connectivity index is 1.79. The van der Waals surface area contributed by atoms with Gasteiger partial charge in [-0.05, 0) is 19.1 Å². The maximum atomic E-state index is 13.9. The monoisotopic (exact) mass is 320 g/mol. The fourth-order valence-electron chi connectivity index (χ4n) is 2.44. The van der Waals surface area contributed by atoms with Crippen LogP contribution in [0.3, 0.4) is 0 Å². The average molecular weight is 320 g/mol. The van der Waals surface area contributed by atoms with Crippen molar-refractivity contribution in [3.63, 3.8) is 0 Å². The molecular weight excluding hydrogens is 303 g/mol. The Labute approximate surface area is 133 Å². The molecule has 1 fully saturated rings. The molecule has 5 nitrogen and oxygen atoms in total. The van der Waals surface area contributed by atoms with Crippen molar-refractivity contribution < 1.29 is 9.13 Å². The number of aromatic nitrogens is 3. The Kier molecular flexibility index (Phi) is 4.44. The van der Waals surface area contributed by atoms with Gasteiger partial charge in [-0.25, -0.2) is 9.07 Å². The third-order valence-corrected chi connectivity index (χ3v) is 4.16. The van der Waals surface area contributed by atoms with Crippen molar-refractivity contribution in [2.24, 2.45) is 0 Å². The predicted octanol–water partition coefficient (Wildman–Crippen LogP) is 1.92. The van der Waals surface area contributed by atoms with Crippen molar-refractivity contribution in [3.8, 4) is 5.69 Å². The normalized spacial score (nSPS) is 15.1. The van der Waals surface area contributed by atoms with Crippen LogP contribution in [0.4, 0.5) is 4.39 Å². The van der Waals surface area contributed by atoms with E-state index in [1.54, 1.807) is 18.2 Å². The predicted molar refractivity (Wildman–Crippen MR) is 84.7 cm³/mol. The van der Waals surface area contributed by atoms with Gasteiger partial charge < -0.3 is 9.64 Å². The summed E-state index contributed by atoms with van der Waals surface area (Å²) in [5, 5.41) is 8.24. The molecule has 0 unspecified atom stereocenters. The van der Waals surface area contributed by atoms with Gasteiger partial charge in [0.15, 0.2) is 0 Å². The molecule has 3 rings (SSSR count). The standard InChI is InChI=1S/C15H17FN4OS/c1-11-13(10-15(22)19-6-8-21-9-7-19)17-18-20(11)14-5-3-2-4-12(14)16/h2-5H,6-10H2,1H3. The molecule has 1 aromatic heterocycles. The highest BCUT2D eigenvalue weighted by Gasteiger charge is 2.18. The quantitative estimate of drug-likeness (QED) is 0.809. The highest BCUT2D eigenvalue weighted by atomic mass is 32.1. The summed E-state index contributed by atoms with van der Waals surface area (Å²) in [6, 6.07) is 6.52. The van der Waals surface area contributed by atoms with E-state index in [9.17, 15) is 4.39 Å². The minimum absolute atomic E-state index is 0.321. The van der Waals surface area contributed by atoms with E-state index >= 15 is 0 Å². The molecule has 0 saturated carbocycles. The molecule has 1 aromatic carbocycles. The van der Waals surface area contributed by atoms with Crippen LogP contribution in [0.5, 0.6) is 0 Å². The number of morpholine rings is 1. The summed E-state index contributed by atoms with van der Waals surface area (Å²) in [6.07, 6.45) is 0.537. The summed E-state index contributed by atoms with van der Waals surface area (Å²) in [6.45, 7) is 4.88. The number of rotatable bonds is 3. The van der Waals surface area contributed by atoms with Crippen LogP contribution in [0.1, 0.15) is 11.4 Å². The van der Waals surface area contributed by atoms with Crippen LogP contribution in [-0.2, 0) is 11.2 Å². The minimum Gasteiger partial charge on any atom is -0.378 e. The second-order valence-corrected chi connectivity index (χ2v) is 5.63. The Hall–Kier alpha value is -1.86. The van der Waals surface area contributed by atoms with Crippen LogP contribution in [0.15, 0.2) is 24.3 Å². The van der Waals surface area contributed by atoms with Crippen LogP contribution in [0.25, 0.3) is 5.69 Å². The lowest BCUT2D eigenvalue weighted by atomic mass is 10.2. The van der Waals surface area contributed by atoms with Gasteiger partial charge in [0.1, 0.15) is 11.5 Å². The zero-order valence-corrected chi connectivity index (χ0v) is 13.1. The summed E-state index contributed by atoms with van der Waals surface area (Å²) in [7, 11) is 0. The number of halogens is 1. The molecule has 1 saturated heterocycles. The van der Waals surface area contributed by atoms with Gasteiger partial charge in [-0.3, -0.25) is 0 Å². The topological polar surface area (TPSA) is 43.2 Å². The van der Waals surface area contributed by atoms with E-state index in [2.05, 4.69) is 15.2 Å². The van der Waals surface area contributed by atoms with Crippen molar-refractivity contribution in [2.45, 2.75) is 13.3 Å². The number of benzene rings is 1. The van der Waals surface area contributed by atoms with Crippen molar-refractivity contribution in [2.75, 3.05) is 26.3 Å². The van der Waals surface area contributed by atoms with E-state index in [-0.39, 0.29) is 5.82 Å². The van der Waals surface area contributed by atoms with Crippen molar-refractivity contribution in [3.05, 3.63) is 41.5 Å². The molecule has 0 bridgehead atoms. The Morgan fingerprint density at radius 3 is 2.77 bits per heavy atom. The van der Waals surface area contributed by atoms with Gasteiger partial charge in [0, 0.05) is 19.5 Å². The summed E-state index contributed by atoms with van der Waals surface area (Å²) >= 11 is 5.49. The second-order valence-electron chi connectivity index (χ2n) is 5.15. The number of para-hydroxylation sites is 1. The van der Waals surface area contributed by atoms with Gasteiger partial charge in [-0.15, -0.1) is 5.10 Å². The lowest BCUT2D eigenvalue weighted by Crippen LogP contribution is -2.40. The van der Waals surface area contributed by atoms with Crippen LogP contribution in [-0.4, -0.2) is 51.2 Å². The maximum absolute atomic E-state index is 13.9. The van der Waals surface area contributed by atoms with Crippen molar-refractivity contribution >= 4 is 17.2 Å². The number of ether oxygens (including phenoxy) is 1. The molecule has 0 N–H and O–H groups in total. The number of hydrogen-bond acceptors (Lipinski definition) is 4. The van der Waals surface area contributed by atoms with Crippen LogP contribution in [0.2, 0.25) is 0 Å². The van der Waals surface area contributed by atoms with Gasteiger partial charge in [-0.1, -0.05) is 29.6 Å². The fraction of sp³-hybridized carbons (Fsp3) is 0.400. The molecule has 2 heterocycles. The molecule has 1 aliphatic rings. The highest BCUT2D eigenvalue weighted by Crippen LogP contribution is 2.16. The smallest absolute Gasteiger partial charge is 0.148 e. The van der Waals surface area contributed by atoms with Crippen LogP contribution >= 0.6 is 12.2 Å². The lowest BCUT2D eigenvalue weighted by molar-refractivity contribution is 0.0684. The highest BCUT2D eigenvalue weighted by molar-refractivity contribution is 7.80. The summed E-state index contributed by atoms with van der Waals surface area (Å²) in [4.78, 5) is 2.95. The molecule has 116 valence electrons. The summed E-state index contributed by atoms with van der Waals surface area (Å²) in [5.74, 6) is -0.321. The SMILES string of the molecule is Cc1c(CC(=S)N2CCOCC2)nnn1-c1ccccc1F. The molecule has 0 amide bonds. The van der Waals surface area contributed by atoms with Gasteiger partial charge in [0.2, 0.25) is 0 Å². The first-order valence-electron chi connectivity index (χ1n) is 7.18. The van der Waals surface area contributed by atoms with Crippen LogP contribution in [0, 0.1) is 12.7 Å². The lowest BCUT2D eigenvalue weighted by Gasteiger charge is -2.28. The first-order chi connectivity index (χ1) is 10.7. The first-order valence-corrected chi connectivity index (χ1v) is 7.59. The molecule has 7 heteroatoms. The minimum atomic E-state index is -0.321. The van der Waals surface area contributed by atoms with E-state index < -0.39 is 0 Å². The fourth-order valence-corrected chi connectivity index (χ4v) is 2.76. The van der Waals surface area contributed by atoms with Gasteiger partial charge in [0.05, 0.1) is 29.6 Å². The molecule has 2 aromatic rings.